The number of Topliss-reactive ketones (excluding diaryl/α,β-unsaturated/α-hetero) is 3. The van der Waals surface area contributed by atoms with Gasteiger partial charge in [0, 0.05) is 43.6 Å². The molecule has 4 aliphatic rings. The van der Waals surface area contributed by atoms with Crippen LogP contribution in [-0.2, 0) is 14.4 Å². The average Bonchev–Trinajstić information content (AvgIpc) is 2.80. The van der Waals surface area contributed by atoms with E-state index in [4.69, 9.17) is 0 Å². The number of ketones is 3. The lowest BCUT2D eigenvalue weighted by Gasteiger charge is -2.58. The molecule has 0 amide bonds. The maximum atomic E-state index is 13.1. The minimum Gasteiger partial charge on any atom is -0.396 e. The topological polar surface area (TPSA) is 71.4 Å². The number of rotatable bonds is 1. The van der Waals surface area contributed by atoms with Gasteiger partial charge in [-0.2, -0.15) is 0 Å². The van der Waals surface area contributed by atoms with Gasteiger partial charge >= 0.3 is 0 Å². The lowest BCUT2D eigenvalue weighted by Crippen LogP contribution is -2.58. The van der Waals surface area contributed by atoms with Gasteiger partial charge in [-0.25, -0.2) is 0 Å². The average molecular weight is 332 g/mol. The largest absolute Gasteiger partial charge is 0.396 e. The number of carbonyl (C=O) groups excluding carboxylic acids is 3. The highest BCUT2D eigenvalue weighted by Gasteiger charge is 2.65. The van der Waals surface area contributed by atoms with Crippen LogP contribution >= 0.6 is 0 Å². The SMILES string of the molecule is C[C@]12CCC(=O)C[C@@H]1CC(=O)[C@@H]1[C@@H]2CC[C@]2(C)C(=O)CC(CO)[C@@H]12. The Balaban J connectivity index is 1.74. The quantitative estimate of drug-likeness (QED) is 0.801. The van der Waals surface area contributed by atoms with E-state index >= 15 is 0 Å². The molecule has 1 N–H and O–H groups in total. The molecule has 0 aliphatic heterocycles. The van der Waals surface area contributed by atoms with E-state index in [0.717, 1.165) is 19.3 Å². The number of aliphatic hydroxyl groups excluding tert-OH is 1. The van der Waals surface area contributed by atoms with Crippen molar-refractivity contribution in [2.45, 2.75) is 58.8 Å². The van der Waals surface area contributed by atoms with Gasteiger partial charge < -0.3 is 5.11 Å². The second-order valence-corrected chi connectivity index (χ2v) is 9.30. The first-order valence-corrected chi connectivity index (χ1v) is 9.50. The predicted octanol–water partition coefficient (Wildman–Crippen LogP) is 2.56. The van der Waals surface area contributed by atoms with E-state index in [2.05, 4.69) is 6.92 Å². The van der Waals surface area contributed by atoms with E-state index in [-0.39, 0.29) is 53.2 Å². The van der Waals surface area contributed by atoms with Crippen molar-refractivity contribution < 1.29 is 19.5 Å². The summed E-state index contributed by atoms with van der Waals surface area (Å²) in [6, 6.07) is 0. The standard InChI is InChI=1S/C20H28O4/c1-19-5-3-13(22)8-12(19)9-15(23)17-14(19)4-6-20(2)16(24)7-11(10-21)18(17)20/h11-12,14,17-18,21H,3-10H2,1-2H3/t11?,12-,14+,17+,18+,19+,20-/m1/s1. The highest BCUT2D eigenvalue weighted by atomic mass is 16.3. The van der Waals surface area contributed by atoms with E-state index in [0.29, 0.717) is 31.5 Å². The smallest absolute Gasteiger partial charge is 0.139 e. The minimum absolute atomic E-state index is 0.00112. The van der Waals surface area contributed by atoms with E-state index in [1.807, 2.05) is 6.92 Å². The normalized spacial score (nSPS) is 51.1. The van der Waals surface area contributed by atoms with Crippen molar-refractivity contribution in [3.8, 4) is 0 Å². The molecule has 4 nitrogen and oxygen atoms in total. The Bertz CT molecular complexity index is 611. The first-order valence-electron chi connectivity index (χ1n) is 9.50. The highest BCUT2D eigenvalue weighted by Crippen LogP contribution is 2.65. The van der Waals surface area contributed by atoms with Gasteiger partial charge in [0.15, 0.2) is 0 Å². The van der Waals surface area contributed by atoms with Crippen LogP contribution in [0.15, 0.2) is 0 Å². The summed E-state index contributed by atoms with van der Waals surface area (Å²) >= 11 is 0. The van der Waals surface area contributed by atoms with Gasteiger partial charge in [0.05, 0.1) is 0 Å². The maximum absolute atomic E-state index is 13.1. The summed E-state index contributed by atoms with van der Waals surface area (Å²) < 4.78 is 0. The van der Waals surface area contributed by atoms with Gasteiger partial charge in [0.25, 0.3) is 0 Å². The van der Waals surface area contributed by atoms with Crippen molar-refractivity contribution in [2.24, 2.45) is 40.4 Å². The molecule has 4 saturated carbocycles. The van der Waals surface area contributed by atoms with Gasteiger partial charge in [-0.05, 0) is 48.3 Å². The Morgan fingerprint density at radius 3 is 2.54 bits per heavy atom. The van der Waals surface area contributed by atoms with Crippen LogP contribution in [0.1, 0.15) is 58.8 Å². The summed E-state index contributed by atoms with van der Waals surface area (Å²) in [6.07, 6.45) is 4.72. The summed E-state index contributed by atoms with van der Waals surface area (Å²) in [5, 5.41) is 9.84. The molecular weight excluding hydrogens is 304 g/mol. The van der Waals surface area contributed by atoms with Crippen LogP contribution in [0.2, 0.25) is 0 Å². The van der Waals surface area contributed by atoms with E-state index in [1.165, 1.54) is 0 Å². The Morgan fingerprint density at radius 2 is 1.83 bits per heavy atom. The van der Waals surface area contributed by atoms with Crippen LogP contribution in [0, 0.1) is 40.4 Å². The zero-order valence-corrected chi connectivity index (χ0v) is 14.7. The Morgan fingerprint density at radius 1 is 1.08 bits per heavy atom. The Kier molecular flexibility index (Phi) is 3.58. The fourth-order valence-corrected chi connectivity index (χ4v) is 6.92. The Hall–Kier alpha value is -1.03. The fourth-order valence-electron chi connectivity index (χ4n) is 6.92. The lowest BCUT2D eigenvalue weighted by molar-refractivity contribution is -0.161. The first kappa shape index (κ1) is 16.4. The van der Waals surface area contributed by atoms with Crippen molar-refractivity contribution in [1.29, 1.82) is 0 Å². The molecule has 0 saturated heterocycles. The number of hydrogen-bond acceptors (Lipinski definition) is 4. The molecule has 0 radical (unpaired) electrons. The van der Waals surface area contributed by atoms with Crippen LogP contribution in [0.25, 0.3) is 0 Å². The molecule has 0 aromatic heterocycles. The first-order chi connectivity index (χ1) is 11.3. The van der Waals surface area contributed by atoms with Crippen molar-refractivity contribution in [1.82, 2.24) is 0 Å². The van der Waals surface area contributed by atoms with Crippen molar-refractivity contribution in [3.05, 3.63) is 0 Å². The number of hydrogen-bond donors (Lipinski definition) is 1. The molecule has 132 valence electrons. The van der Waals surface area contributed by atoms with E-state index in [1.54, 1.807) is 0 Å². The summed E-state index contributed by atoms with van der Waals surface area (Å²) in [5.41, 5.74) is -0.392. The summed E-state index contributed by atoms with van der Waals surface area (Å²) in [5.74, 6) is 1.08. The molecule has 4 heteroatoms. The number of carbonyl (C=O) groups is 3. The fraction of sp³-hybridized carbons (Fsp3) is 0.850. The second-order valence-electron chi connectivity index (χ2n) is 9.30. The molecule has 1 unspecified atom stereocenters. The van der Waals surface area contributed by atoms with E-state index < -0.39 is 5.41 Å². The molecule has 0 aromatic rings. The molecule has 0 bridgehead atoms. The third kappa shape index (κ3) is 1.98. The zero-order valence-electron chi connectivity index (χ0n) is 14.7. The van der Waals surface area contributed by atoms with Crippen molar-refractivity contribution in [3.63, 3.8) is 0 Å². The molecule has 4 aliphatic carbocycles. The molecule has 24 heavy (non-hydrogen) atoms. The summed E-state index contributed by atoms with van der Waals surface area (Å²) in [7, 11) is 0. The molecule has 4 rings (SSSR count). The van der Waals surface area contributed by atoms with E-state index in [9.17, 15) is 19.5 Å². The third-order valence-corrected chi connectivity index (χ3v) is 8.37. The zero-order chi connectivity index (χ0) is 17.3. The van der Waals surface area contributed by atoms with Crippen LogP contribution < -0.4 is 0 Å². The minimum atomic E-state index is -0.433. The van der Waals surface area contributed by atoms with Crippen LogP contribution in [0.5, 0.6) is 0 Å². The number of fused-ring (bicyclic) bond motifs is 5. The lowest BCUT2D eigenvalue weighted by atomic mass is 9.44. The van der Waals surface area contributed by atoms with Crippen molar-refractivity contribution in [2.75, 3.05) is 6.61 Å². The van der Waals surface area contributed by atoms with Crippen LogP contribution in [-0.4, -0.2) is 29.1 Å². The number of aliphatic hydroxyl groups is 1. The highest BCUT2D eigenvalue weighted by molar-refractivity contribution is 5.91. The second kappa shape index (κ2) is 5.23. The van der Waals surface area contributed by atoms with Gasteiger partial charge in [0.2, 0.25) is 0 Å². The summed E-state index contributed by atoms with van der Waals surface area (Å²) in [6.45, 7) is 4.31. The molecular formula is C20H28O4. The summed E-state index contributed by atoms with van der Waals surface area (Å²) in [4.78, 5) is 37.6. The van der Waals surface area contributed by atoms with Gasteiger partial charge in [-0.15, -0.1) is 0 Å². The molecule has 4 fully saturated rings. The molecule has 0 spiro atoms. The van der Waals surface area contributed by atoms with Crippen LogP contribution in [0.3, 0.4) is 0 Å². The van der Waals surface area contributed by atoms with Gasteiger partial charge in [-0.3, -0.25) is 14.4 Å². The van der Waals surface area contributed by atoms with Crippen LogP contribution in [0.4, 0.5) is 0 Å². The molecule has 0 aromatic carbocycles. The monoisotopic (exact) mass is 332 g/mol. The molecule has 7 atom stereocenters. The maximum Gasteiger partial charge on any atom is 0.139 e. The van der Waals surface area contributed by atoms with Crippen molar-refractivity contribution >= 4 is 17.3 Å². The molecule has 0 heterocycles. The predicted molar refractivity (Wildman–Crippen MR) is 88.1 cm³/mol. The third-order valence-electron chi connectivity index (χ3n) is 8.37. The Labute approximate surface area is 143 Å². The van der Waals surface area contributed by atoms with Gasteiger partial charge in [0.1, 0.15) is 17.3 Å². The van der Waals surface area contributed by atoms with Gasteiger partial charge in [-0.1, -0.05) is 13.8 Å².